The lowest BCUT2D eigenvalue weighted by Gasteiger charge is -2.37. The van der Waals surface area contributed by atoms with Crippen LogP contribution in [-0.4, -0.2) is 48.3 Å². The van der Waals surface area contributed by atoms with Crippen molar-refractivity contribution < 1.29 is 4.74 Å². The number of hydrogen-bond acceptors (Lipinski definition) is 3. The second kappa shape index (κ2) is 6.52. The average Bonchev–Trinajstić information content (AvgIpc) is 2.78. The lowest BCUT2D eigenvalue weighted by Crippen LogP contribution is -2.47. The third-order valence-electron chi connectivity index (χ3n) is 5.60. The van der Waals surface area contributed by atoms with E-state index in [1.54, 1.807) is 0 Å². The maximum Gasteiger partial charge on any atom is 0.0789 e. The van der Waals surface area contributed by atoms with Gasteiger partial charge in [-0.25, -0.2) is 0 Å². The molecule has 1 N–H and O–H groups in total. The van der Waals surface area contributed by atoms with Crippen LogP contribution >= 0.6 is 24.8 Å². The molecule has 0 saturated carbocycles. The van der Waals surface area contributed by atoms with Crippen LogP contribution < -0.4 is 5.32 Å². The second-order valence-corrected chi connectivity index (χ2v) is 8.16. The molecular weight excluding hydrogens is 307 g/mol. The van der Waals surface area contributed by atoms with Gasteiger partial charge >= 0.3 is 0 Å². The number of hydrogen-bond donors (Lipinski definition) is 1. The van der Waals surface area contributed by atoms with Crippen LogP contribution in [0, 0.1) is 5.41 Å². The molecule has 0 aromatic carbocycles. The Labute approximate surface area is 142 Å². The third-order valence-corrected chi connectivity index (χ3v) is 5.60. The molecule has 3 aliphatic heterocycles. The van der Waals surface area contributed by atoms with Crippen LogP contribution in [0.5, 0.6) is 0 Å². The Hall–Kier alpha value is 0.460. The monoisotopic (exact) mass is 338 g/mol. The van der Waals surface area contributed by atoms with Crippen molar-refractivity contribution in [2.24, 2.45) is 5.41 Å². The molecule has 126 valence electrons. The van der Waals surface area contributed by atoms with Crippen molar-refractivity contribution in [2.75, 3.05) is 26.2 Å². The van der Waals surface area contributed by atoms with E-state index in [4.69, 9.17) is 4.74 Å². The summed E-state index contributed by atoms with van der Waals surface area (Å²) in [6.45, 7) is 14.0. The number of halogens is 2. The molecule has 3 heterocycles. The summed E-state index contributed by atoms with van der Waals surface area (Å²) in [5, 5.41) is 3.51. The molecule has 3 nitrogen and oxygen atoms in total. The van der Waals surface area contributed by atoms with Gasteiger partial charge in [-0.1, -0.05) is 0 Å². The quantitative estimate of drug-likeness (QED) is 0.794. The summed E-state index contributed by atoms with van der Waals surface area (Å²) in [5.41, 5.74) is 0.647. The van der Waals surface area contributed by atoms with E-state index in [9.17, 15) is 0 Å². The first-order chi connectivity index (χ1) is 8.82. The van der Waals surface area contributed by atoms with E-state index in [0.717, 1.165) is 0 Å². The topological polar surface area (TPSA) is 24.5 Å². The molecule has 5 heteroatoms. The number of nitrogens with zero attached hydrogens (tertiary/aromatic N) is 1. The smallest absolute Gasteiger partial charge is 0.0789 e. The summed E-state index contributed by atoms with van der Waals surface area (Å²) < 4.78 is 6.28. The standard InChI is InChI=1S/C16H30N2O.2ClH/c1-14(2)11-13(15(3,4)19-14)18-10-7-16(12-18)5-8-17-9-6-16;;/h13,17H,5-12H2,1-4H3;2*1H. The van der Waals surface area contributed by atoms with Gasteiger partial charge in [0.1, 0.15) is 0 Å². The number of ether oxygens (including phenoxy) is 1. The van der Waals surface area contributed by atoms with Crippen LogP contribution in [0.1, 0.15) is 53.4 Å². The molecule has 3 rings (SSSR count). The highest BCUT2D eigenvalue weighted by atomic mass is 35.5. The molecule has 1 unspecified atom stereocenters. The van der Waals surface area contributed by atoms with Crippen molar-refractivity contribution in [3.63, 3.8) is 0 Å². The summed E-state index contributed by atoms with van der Waals surface area (Å²) in [7, 11) is 0. The Morgan fingerprint density at radius 1 is 1.00 bits per heavy atom. The van der Waals surface area contributed by atoms with Gasteiger partial charge in [-0.15, -0.1) is 24.8 Å². The molecule has 0 radical (unpaired) electrons. The molecule has 1 spiro atoms. The number of likely N-dealkylation sites (tertiary alicyclic amines) is 1. The van der Waals surface area contributed by atoms with Crippen LogP contribution in [-0.2, 0) is 4.74 Å². The summed E-state index contributed by atoms with van der Waals surface area (Å²) in [4.78, 5) is 2.74. The van der Waals surface area contributed by atoms with Gasteiger partial charge < -0.3 is 10.1 Å². The van der Waals surface area contributed by atoms with Gasteiger partial charge in [0.25, 0.3) is 0 Å². The van der Waals surface area contributed by atoms with Gasteiger partial charge in [-0.2, -0.15) is 0 Å². The van der Waals surface area contributed by atoms with Crippen molar-refractivity contribution in [1.82, 2.24) is 10.2 Å². The Bertz CT molecular complexity index is 354. The lowest BCUT2D eigenvalue weighted by atomic mass is 9.78. The Morgan fingerprint density at radius 2 is 1.62 bits per heavy atom. The van der Waals surface area contributed by atoms with E-state index in [1.807, 2.05) is 0 Å². The molecule has 0 aromatic heterocycles. The Balaban J connectivity index is 0.00000110. The van der Waals surface area contributed by atoms with Gasteiger partial charge in [0.15, 0.2) is 0 Å². The second-order valence-electron chi connectivity index (χ2n) is 8.16. The third kappa shape index (κ3) is 3.87. The van der Waals surface area contributed by atoms with Crippen molar-refractivity contribution in [3.8, 4) is 0 Å². The van der Waals surface area contributed by atoms with E-state index in [-0.39, 0.29) is 36.0 Å². The Kier molecular flexibility index (Phi) is 6.06. The van der Waals surface area contributed by atoms with Gasteiger partial charge in [-0.3, -0.25) is 4.90 Å². The van der Waals surface area contributed by atoms with Crippen molar-refractivity contribution in [3.05, 3.63) is 0 Å². The van der Waals surface area contributed by atoms with E-state index in [0.29, 0.717) is 11.5 Å². The molecule has 0 bridgehead atoms. The van der Waals surface area contributed by atoms with Crippen molar-refractivity contribution in [2.45, 2.75) is 70.6 Å². The van der Waals surface area contributed by atoms with Crippen LogP contribution in [0.25, 0.3) is 0 Å². The molecule has 0 aliphatic carbocycles. The summed E-state index contributed by atoms with van der Waals surface area (Å²) in [5.74, 6) is 0. The maximum atomic E-state index is 6.28. The first-order valence-electron chi connectivity index (χ1n) is 7.97. The fourth-order valence-corrected chi connectivity index (χ4v) is 4.70. The molecule has 3 fully saturated rings. The zero-order valence-corrected chi connectivity index (χ0v) is 15.5. The van der Waals surface area contributed by atoms with Gasteiger partial charge in [0.2, 0.25) is 0 Å². The largest absolute Gasteiger partial charge is 0.368 e. The maximum absolute atomic E-state index is 6.28. The highest BCUT2D eigenvalue weighted by Crippen LogP contribution is 2.46. The summed E-state index contributed by atoms with van der Waals surface area (Å²) >= 11 is 0. The zero-order chi connectivity index (χ0) is 13.7. The summed E-state index contributed by atoms with van der Waals surface area (Å²) in [6.07, 6.45) is 5.29. The predicted octanol–water partition coefficient (Wildman–Crippen LogP) is 3.25. The van der Waals surface area contributed by atoms with Crippen molar-refractivity contribution in [1.29, 1.82) is 0 Å². The van der Waals surface area contributed by atoms with Crippen molar-refractivity contribution >= 4 is 24.8 Å². The number of nitrogens with one attached hydrogen (secondary N) is 1. The molecule has 21 heavy (non-hydrogen) atoms. The van der Waals surface area contributed by atoms with Crippen LogP contribution in [0.15, 0.2) is 0 Å². The fourth-order valence-electron chi connectivity index (χ4n) is 4.70. The first-order valence-corrected chi connectivity index (χ1v) is 7.97. The van der Waals surface area contributed by atoms with Crippen LogP contribution in [0.4, 0.5) is 0 Å². The minimum Gasteiger partial charge on any atom is -0.368 e. The number of piperidine rings is 1. The van der Waals surface area contributed by atoms with Crippen LogP contribution in [0.3, 0.4) is 0 Å². The average molecular weight is 339 g/mol. The molecule has 0 amide bonds. The normalized spacial score (nSPS) is 33.4. The van der Waals surface area contributed by atoms with E-state index < -0.39 is 0 Å². The minimum absolute atomic E-state index is 0. The fraction of sp³-hybridized carbons (Fsp3) is 1.00. The van der Waals surface area contributed by atoms with E-state index in [1.165, 1.54) is 51.9 Å². The highest BCUT2D eigenvalue weighted by Gasteiger charge is 2.51. The Morgan fingerprint density at radius 3 is 2.14 bits per heavy atom. The molecular formula is C16H32Cl2N2O. The first kappa shape index (κ1) is 19.5. The predicted molar refractivity (Wildman–Crippen MR) is 92.9 cm³/mol. The summed E-state index contributed by atoms with van der Waals surface area (Å²) in [6, 6.07) is 0.594. The highest BCUT2D eigenvalue weighted by molar-refractivity contribution is 5.85. The van der Waals surface area contributed by atoms with E-state index in [2.05, 4.69) is 37.9 Å². The zero-order valence-electron chi connectivity index (χ0n) is 13.9. The molecule has 0 aromatic rings. The molecule has 3 saturated heterocycles. The van der Waals surface area contributed by atoms with Gasteiger partial charge in [-0.05, 0) is 78.4 Å². The minimum atomic E-state index is 0. The SMILES string of the molecule is CC1(C)CC(N2CCC3(CCNCC3)C2)C(C)(C)O1.Cl.Cl. The van der Waals surface area contributed by atoms with E-state index >= 15 is 0 Å². The molecule has 3 aliphatic rings. The van der Waals surface area contributed by atoms with Gasteiger partial charge in [0.05, 0.1) is 11.2 Å². The lowest BCUT2D eigenvalue weighted by molar-refractivity contribution is -0.0796. The number of rotatable bonds is 1. The van der Waals surface area contributed by atoms with Crippen LogP contribution in [0.2, 0.25) is 0 Å². The van der Waals surface area contributed by atoms with Gasteiger partial charge in [0, 0.05) is 12.6 Å². The molecule has 1 atom stereocenters.